The lowest BCUT2D eigenvalue weighted by Gasteiger charge is -2.20. The molecule has 0 aliphatic rings. The number of nitrogens with zero attached hydrogens (tertiary/aromatic N) is 2. The van der Waals surface area contributed by atoms with Crippen molar-refractivity contribution in [1.29, 1.82) is 0 Å². The molecule has 0 N–H and O–H groups in total. The SMILES string of the molecule is CC(C)OC(=O)N(C)COc1ccccc1C(=O)OOC(=O)c1ccccc1OCN(C)C(=O)OC(C)C. The van der Waals surface area contributed by atoms with Gasteiger partial charge in [-0.15, -0.1) is 0 Å². The van der Waals surface area contributed by atoms with E-state index in [1.165, 1.54) is 48.2 Å². The Morgan fingerprint density at radius 2 is 0.974 bits per heavy atom. The second kappa shape index (κ2) is 14.3. The minimum absolute atomic E-state index is 0.0410. The van der Waals surface area contributed by atoms with Crippen LogP contribution < -0.4 is 9.47 Å². The molecule has 2 amide bonds. The number of benzene rings is 2. The van der Waals surface area contributed by atoms with E-state index < -0.39 is 24.1 Å². The van der Waals surface area contributed by atoms with Gasteiger partial charge in [-0.05, 0) is 52.0 Å². The molecule has 0 heterocycles. The summed E-state index contributed by atoms with van der Waals surface area (Å²) in [5.41, 5.74) is -0.0819. The number of carbonyl (C=O) groups excluding carboxylic acids is 4. The van der Waals surface area contributed by atoms with Crippen LogP contribution in [0.25, 0.3) is 0 Å². The molecule has 2 rings (SSSR count). The Morgan fingerprint density at radius 1 is 0.632 bits per heavy atom. The summed E-state index contributed by atoms with van der Waals surface area (Å²) in [6, 6.07) is 12.1. The van der Waals surface area contributed by atoms with Gasteiger partial charge in [-0.25, -0.2) is 29.0 Å². The fourth-order valence-corrected chi connectivity index (χ4v) is 2.71. The van der Waals surface area contributed by atoms with Crippen LogP contribution in [0.3, 0.4) is 0 Å². The zero-order chi connectivity index (χ0) is 28.2. The second-order valence-corrected chi connectivity index (χ2v) is 8.54. The number of hydrogen-bond donors (Lipinski definition) is 0. The van der Waals surface area contributed by atoms with Crippen LogP contribution in [0, 0.1) is 0 Å². The normalized spacial score (nSPS) is 10.4. The Kier molecular flexibility index (Phi) is 11.2. The van der Waals surface area contributed by atoms with Crippen molar-refractivity contribution in [2.24, 2.45) is 0 Å². The van der Waals surface area contributed by atoms with Crippen molar-refractivity contribution in [3.63, 3.8) is 0 Å². The third-order valence-electron chi connectivity index (χ3n) is 4.53. The van der Waals surface area contributed by atoms with Gasteiger partial charge >= 0.3 is 24.1 Å². The van der Waals surface area contributed by atoms with Gasteiger partial charge in [0, 0.05) is 14.1 Å². The topological polar surface area (TPSA) is 130 Å². The summed E-state index contributed by atoms with van der Waals surface area (Å²) < 4.78 is 21.3. The monoisotopic (exact) mass is 532 g/mol. The molecule has 12 heteroatoms. The first-order valence-corrected chi connectivity index (χ1v) is 11.7. The molecule has 12 nitrogen and oxygen atoms in total. The number of ether oxygens (including phenoxy) is 4. The van der Waals surface area contributed by atoms with Crippen molar-refractivity contribution >= 4 is 24.1 Å². The highest BCUT2D eigenvalue weighted by molar-refractivity contribution is 5.95. The molecule has 0 aliphatic heterocycles. The Balaban J connectivity index is 1.99. The summed E-state index contributed by atoms with van der Waals surface area (Å²) in [5.74, 6) is -1.82. The van der Waals surface area contributed by atoms with Crippen LogP contribution in [-0.2, 0) is 19.2 Å². The highest BCUT2D eigenvalue weighted by Crippen LogP contribution is 2.22. The number of para-hydroxylation sites is 2. The average molecular weight is 533 g/mol. The van der Waals surface area contributed by atoms with E-state index in [-0.39, 0.29) is 48.3 Å². The van der Waals surface area contributed by atoms with E-state index in [2.05, 4.69) is 0 Å². The molecule has 0 atom stereocenters. The van der Waals surface area contributed by atoms with Crippen molar-refractivity contribution < 1.29 is 47.9 Å². The maximum atomic E-state index is 12.6. The van der Waals surface area contributed by atoms with Crippen molar-refractivity contribution in [2.45, 2.75) is 39.9 Å². The first kappa shape index (κ1) is 29.7. The molecule has 38 heavy (non-hydrogen) atoms. The van der Waals surface area contributed by atoms with Gasteiger partial charge in [0.1, 0.15) is 22.6 Å². The van der Waals surface area contributed by atoms with E-state index in [9.17, 15) is 19.2 Å². The van der Waals surface area contributed by atoms with E-state index >= 15 is 0 Å². The molecule has 206 valence electrons. The van der Waals surface area contributed by atoms with Gasteiger partial charge in [0.05, 0.1) is 12.2 Å². The van der Waals surface area contributed by atoms with Crippen LogP contribution in [0.2, 0.25) is 0 Å². The lowest BCUT2D eigenvalue weighted by atomic mass is 10.2. The second-order valence-electron chi connectivity index (χ2n) is 8.54. The Hall–Kier alpha value is -4.48. The van der Waals surface area contributed by atoms with Gasteiger partial charge in [0.15, 0.2) is 13.5 Å². The molecule has 0 bridgehead atoms. The van der Waals surface area contributed by atoms with Crippen molar-refractivity contribution in [1.82, 2.24) is 9.80 Å². The minimum Gasteiger partial charge on any atom is -0.472 e. The van der Waals surface area contributed by atoms with Crippen molar-refractivity contribution in [2.75, 3.05) is 27.6 Å². The predicted molar refractivity (Wildman–Crippen MR) is 133 cm³/mol. The maximum Gasteiger partial charge on any atom is 0.412 e. The van der Waals surface area contributed by atoms with Gasteiger partial charge in [0.25, 0.3) is 0 Å². The number of carbonyl (C=O) groups is 4. The van der Waals surface area contributed by atoms with Crippen LogP contribution in [0.4, 0.5) is 9.59 Å². The Labute approximate surface area is 220 Å². The van der Waals surface area contributed by atoms with Crippen molar-refractivity contribution in [3.05, 3.63) is 59.7 Å². The maximum absolute atomic E-state index is 12.6. The summed E-state index contributed by atoms with van der Waals surface area (Å²) in [4.78, 5) is 60.9. The average Bonchev–Trinajstić information content (AvgIpc) is 2.88. The lowest BCUT2D eigenvalue weighted by molar-refractivity contribution is -0.187. The highest BCUT2D eigenvalue weighted by Gasteiger charge is 2.22. The van der Waals surface area contributed by atoms with Crippen LogP contribution in [0.15, 0.2) is 48.5 Å². The molecule has 0 fully saturated rings. The number of amides is 2. The fraction of sp³-hybridized carbons (Fsp3) is 0.385. The van der Waals surface area contributed by atoms with Gasteiger partial charge in [0.2, 0.25) is 0 Å². The standard InChI is InChI=1S/C26H32N2O10/c1-17(2)35-25(31)27(5)15-33-21-13-9-7-11-19(21)23(29)37-38-24(30)20-12-8-10-14-22(20)34-16-28(6)26(32)36-18(3)4/h7-14,17-18H,15-16H2,1-6H3. The minimum atomic E-state index is -1.00. The molecular weight excluding hydrogens is 500 g/mol. The quantitative estimate of drug-likeness (QED) is 0.249. The Morgan fingerprint density at radius 3 is 1.32 bits per heavy atom. The van der Waals surface area contributed by atoms with E-state index in [4.69, 9.17) is 28.7 Å². The molecule has 0 saturated carbocycles. The fourth-order valence-electron chi connectivity index (χ4n) is 2.71. The van der Waals surface area contributed by atoms with Crippen LogP contribution >= 0.6 is 0 Å². The third-order valence-corrected chi connectivity index (χ3v) is 4.53. The third kappa shape index (κ3) is 9.19. The van der Waals surface area contributed by atoms with Gasteiger partial charge < -0.3 is 18.9 Å². The molecule has 2 aromatic rings. The van der Waals surface area contributed by atoms with Crippen LogP contribution in [0.1, 0.15) is 48.4 Å². The molecular formula is C26H32N2O10. The Bertz CT molecular complexity index is 1030. The lowest BCUT2D eigenvalue weighted by Crippen LogP contribution is -2.33. The smallest absolute Gasteiger partial charge is 0.412 e. The van der Waals surface area contributed by atoms with Gasteiger partial charge in [-0.1, -0.05) is 24.3 Å². The number of rotatable bonds is 10. The van der Waals surface area contributed by atoms with Gasteiger partial charge in [-0.3, -0.25) is 9.80 Å². The molecule has 0 radical (unpaired) electrons. The summed E-state index contributed by atoms with van der Waals surface area (Å²) in [5, 5.41) is 0. The van der Waals surface area contributed by atoms with E-state index in [1.807, 2.05) is 0 Å². The van der Waals surface area contributed by atoms with E-state index in [0.29, 0.717) is 0 Å². The van der Waals surface area contributed by atoms with Gasteiger partial charge in [-0.2, -0.15) is 0 Å². The van der Waals surface area contributed by atoms with E-state index in [0.717, 1.165) is 0 Å². The molecule has 0 spiro atoms. The highest BCUT2D eigenvalue weighted by atomic mass is 17.2. The molecule has 2 aromatic carbocycles. The summed E-state index contributed by atoms with van der Waals surface area (Å²) in [6.07, 6.45) is -1.81. The molecule has 0 aliphatic carbocycles. The van der Waals surface area contributed by atoms with Crippen LogP contribution in [0.5, 0.6) is 11.5 Å². The van der Waals surface area contributed by atoms with Crippen molar-refractivity contribution in [3.8, 4) is 11.5 Å². The largest absolute Gasteiger partial charge is 0.472 e. The first-order chi connectivity index (χ1) is 18.0. The predicted octanol–water partition coefficient (Wildman–Crippen LogP) is 4.24. The first-order valence-electron chi connectivity index (χ1n) is 11.7. The molecule has 0 saturated heterocycles. The van der Waals surface area contributed by atoms with E-state index in [1.54, 1.807) is 52.0 Å². The summed E-state index contributed by atoms with van der Waals surface area (Å²) in [6.45, 7) is 6.44. The van der Waals surface area contributed by atoms with Crippen LogP contribution in [-0.4, -0.2) is 73.7 Å². The molecule has 0 unspecified atom stereocenters. The summed E-state index contributed by atoms with van der Waals surface area (Å²) in [7, 11) is 2.94. The zero-order valence-electron chi connectivity index (χ0n) is 22.2. The summed E-state index contributed by atoms with van der Waals surface area (Å²) >= 11 is 0. The molecule has 0 aromatic heterocycles. The zero-order valence-corrected chi connectivity index (χ0v) is 22.2. The number of hydrogen-bond acceptors (Lipinski definition) is 10.